The molecule has 7 aromatic rings. The van der Waals surface area contributed by atoms with Gasteiger partial charge < -0.3 is 38.0 Å². The summed E-state index contributed by atoms with van der Waals surface area (Å²) in [5, 5.41) is 18.2. The van der Waals surface area contributed by atoms with E-state index in [2.05, 4.69) is 162 Å². The fourth-order valence-electron chi connectivity index (χ4n) is 10.3. The third-order valence-electron chi connectivity index (χ3n) is 13.4. The third-order valence-corrected chi connectivity index (χ3v) is 15.9. The van der Waals surface area contributed by atoms with Gasteiger partial charge in [0.2, 0.25) is 0 Å². The molecule has 0 amide bonds. The molecule has 7 aromatic carbocycles. The maximum Gasteiger partial charge on any atom is 1.00 e. The van der Waals surface area contributed by atoms with Gasteiger partial charge in [-0.05, 0) is 230 Å². The maximum absolute atomic E-state index is 14.2. The lowest BCUT2D eigenvalue weighted by Crippen LogP contribution is -2.34. The SMILES string of the molecule is CCOC(=O)C(F)(F)c1c(C)cc(C)cc1CO.CCOC(=O)C(F)(F)c1c(C)cc(C)cc1COP.Cc1cc(C)c(I)c(COP)c1.Cc1cc(C)c2c(c1)COC(=O)C2(F)F.Cc1cc(C)cc(Br)c1.Cc1cc(C)cc(COP)c1.Cc1cc(C)cc(O)c1.[H+]. The lowest BCUT2D eigenvalue weighted by Gasteiger charge is -2.26. The van der Waals surface area contributed by atoms with Crippen molar-refractivity contribution >= 4 is 84.8 Å². The number of aromatic hydroxyl groups is 1. The van der Waals surface area contributed by atoms with Crippen LogP contribution < -0.4 is 0 Å². The van der Waals surface area contributed by atoms with E-state index in [1.807, 2.05) is 36.3 Å². The Morgan fingerprint density at radius 1 is 0.538 bits per heavy atom. The van der Waals surface area contributed by atoms with Gasteiger partial charge in [-0.15, -0.1) is 0 Å². The van der Waals surface area contributed by atoms with Gasteiger partial charge in [0.25, 0.3) is 0 Å². The highest BCUT2D eigenvalue weighted by Gasteiger charge is 2.49. The summed E-state index contributed by atoms with van der Waals surface area (Å²) in [6.45, 7) is 30.0. The smallest absolute Gasteiger partial charge is 0.508 e. The minimum absolute atomic E-state index is 0. The van der Waals surface area contributed by atoms with Gasteiger partial charge in [-0.25, -0.2) is 14.4 Å². The number of carbonyl (C=O) groups is 3. The van der Waals surface area contributed by atoms with Crippen molar-refractivity contribution in [2.75, 3.05) is 13.2 Å². The second kappa shape index (κ2) is 39.6. The molecule has 3 unspecified atom stereocenters. The lowest BCUT2D eigenvalue weighted by molar-refractivity contribution is -0.179. The van der Waals surface area contributed by atoms with Crippen LogP contribution in [0.3, 0.4) is 0 Å². The molecule has 0 saturated heterocycles. The zero-order chi connectivity index (χ0) is 70.9. The Morgan fingerprint density at radius 2 is 0.892 bits per heavy atom. The number of aryl methyl sites for hydroxylation is 14. The molecule has 2 N–H and O–H groups in total. The molecule has 3 atom stereocenters. The number of rotatable bonds is 13. The largest absolute Gasteiger partial charge is 1.00 e. The molecule has 1 aliphatic rings. The van der Waals surface area contributed by atoms with E-state index in [4.69, 9.17) is 23.8 Å². The highest BCUT2D eigenvalue weighted by molar-refractivity contribution is 14.1. The molecule has 93 heavy (non-hydrogen) atoms. The molecule has 0 bridgehead atoms. The Balaban J connectivity index is 0.000000556. The zero-order valence-electron chi connectivity index (χ0n) is 56.6. The number of halogens is 8. The summed E-state index contributed by atoms with van der Waals surface area (Å²) in [5.41, 5.74) is 15.8. The van der Waals surface area contributed by atoms with Crippen LogP contribution in [0.1, 0.15) is 138 Å². The Bertz CT molecular complexity index is 3480. The van der Waals surface area contributed by atoms with Crippen molar-refractivity contribution in [3.8, 4) is 5.75 Å². The number of alkyl halides is 6. The number of aliphatic hydroxyl groups is 1. The van der Waals surface area contributed by atoms with Crippen LogP contribution in [0.2, 0.25) is 0 Å². The first-order valence-electron chi connectivity index (χ1n) is 29.2. The van der Waals surface area contributed by atoms with Gasteiger partial charge >= 0.3 is 37.1 Å². The normalized spacial score (nSPS) is 11.9. The summed E-state index contributed by atoms with van der Waals surface area (Å²) < 4.78 is 114. The zero-order valence-corrected chi connectivity index (χ0v) is 62.8. The Kier molecular flexibility index (Phi) is 35.7. The molecule has 8 rings (SSSR count). The van der Waals surface area contributed by atoms with Gasteiger partial charge in [0.1, 0.15) is 12.4 Å². The first kappa shape index (κ1) is 83.8. The van der Waals surface area contributed by atoms with Crippen molar-refractivity contribution in [3.05, 3.63) is 234 Å². The average Bonchev–Trinajstić information content (AvgIpc) is 0.782. The van der Waals surface area contributed by atoms with Crippen molar-refractivity contribution in [1.29, 1.82) is 0 Å². The number of fused-ring (bicyclic) bond motifs is 1. The highest BCUT2D eigenvalue weighted by Crippen LogP contribution is 2.40. The second-order valence-electron chi connectivity index (χ2n) is 22.4. The number of hydrogen-bond acceptors (Lipinski definition) is 11. The lowest BCUT2D eigenvalue weighted by atomic mass is 9.93. The van der Waals surface area contributed by atoms with Gasteiger partial charge in [0.05, 0.1) is 39.6 Å². The van der Waals surface area contributed by atoms with E-state index in [0.717, 1.165) is 27.8 Å². The molecule has 0 radical (unpaired) electrons. The Morgan fingerprint density at radius 3 is 1.30 bits per heavy atom. The van der Waals surface area contributed by atoms with Gasteiger partial charge in [-0.2, -0.15) is 26.3 Å². The topological polar surface area (TPSA) is 147 Å². The van der Waals surface area contributed by atoms with Crippen LogP contribution in [0.5, 0.6) is 5.75 Å². The fourth-order valence-corrected chi connectivity index (χ4v) is 12.0. The van der Waals surface area contributed by atoms with Crippen LogP contribution in [0.4, 0.5) is 26.3 Å². The van der Waals surface area contributed by atoms with Crippen molar-refractivity contribution in [2.24, 2.45) is 0 Å². The van der Waals surface area contributed by atoms with Crippen molar-refractivity contribution < 1.29 is 80.1 Å². The number of benzene rings is 7. The van der Waals surface area contributed by atoms with Crippen molar-refractivity contribution in [2.45, 2.75) is 162 Å². The highest BCUT2D eigenvalue weighted by atomic mass is 127. The quantitative estimate of drug-likeness (QED) is 0.0374. The first-order valence-corrected chi connectivity index (χ1v) is 32.5. The average molecular weight is 1530 g/mol. The van der Waals surface area contributed by atoms with E-state index >= 15 is 0 Å². The Labute approximate surface area is 575 Å². The molecule has 22 heteroatoms. The summed E-state index contributed by atoms with van der Waals surface area (Å²) in [4.78, 5) is 33.7. The summed E-state index contributed by atoms with van der Waals surface area (Å²) >= 11 is 5.77. The molecule has 508 valence electrons. The number of aliphatic hydroxyl groups excluding tert-OH is 1. The van der Waals surface area contributed by atoms with Crippen LogP contribution in [-0.4, -0.2) is 41.3 Å². The minimum atomic E-state index is -3.74. The number of hydrogen-bond donors (Lipinski definition) is 2. The standard InChI is InChI=1S/C13H17F2O3P.C13H16F2O3.C11H10F2O2.C9H12IOP.C9H13OP.C8H9Br.C8H10O/c1-4-17-12(16)13(14,15)11-9(3)5-8(2)6-10(11)7-18-19;1-4-18-12(17)13(14,15)11-9(3)5-8(2)6-10(11)7-16;1-6-3-7(2)9-8(4-6)5-15-10(14)11(9,12)13;1-6-3-7(2)9(10)8(4-6)5-11-12;1-7-3-8(2)5-9(4-7)6-10-11;2*1-6-3-7(2)5-8(9)4-6/h5-6H,4,7,19H2,1-3H3;5-6,16H,4,7H2,1-3H3;3-4H,5H2,1-2H3;3-4H,5,12H2,1-2H3;3-5H,6,11H2,1-2H3;3-5H,1-2H3;3-5,9H,1-2H3/p+1. The maximum atomic E-state index is 14.2. The molecular weight excluding hydrogens is 1440 g/mol. The Hall–Kier alpha value is -5.33. The first-order chi connectivity index (χ1) is 43.3. The van der Waals surface area contributed by atoms with E-state index in [1.165, 1.54) is 79.4 Å². The second-order valence-corrected chi connectivity index (χ2v) is 25.4. The predicted octanol–water partition coefficient (Wildman–Crippen LogP) is 19.2. The summed E-state index contributed by atoms with van der Waals surface area (Å²) in [7, 11) is 6.55. The van der Waals surface area contributed by atoms with E-state index in [0.29, 0.717) is 35.7 Å². The number of phenols is 1. The molecule has 0 aromatic heterocycles. The fraction of sp³-hybridized carbons (Fsp3) is 0.366. The van der Waals surface area contributed by atoms with Crippen LogP contribution in [0.15, 0.2) is 108 Å². The number of esters is 3. The van der Waals surface area contributed by atoms with E-state index < -0.39 is 47.8 Å². The van der Waals surface area contributed by atoms with E-state index in [1.54, 1.807) is 70.2 Å². The number of phenolic OH excluding ortho intramolecular Hbond substituents is 1. The van der Waals surface area contributed by atoms with Gasteiger partial charge in [-0.1, -0.05) is 128 Å². The van der Waals surface area contributed by atoms with Gasteiger partial charge in [0, 0.05) is 53.1 Å². The molecule has 0 aliphatic carbocycles. The molecule has 1 heterocycles. The minimum Gasteiger partial charge on any atom is -0.508 e. The number of carbonyl (C=O) groups excluding carboxylic acids is 3. The molecular formula is C71H88BrF6IO11P3+. The van der Waals surface area contributed by atoms with Gasteiger partial charge in [-0.3, -0.25) is 0 Å². The van der Waals surface area contributed by atoms with E-state index in [-0.39, 0.29) is 55.7 Å². The monoisotopic (exact) mass is 1530 g/mol. The molecule has 11 nitrogen and oxygen atoms in total. The van der Waals surface area contributed by atoms with E-state index in [9.17, 15) is 40.7 Å². The predicted molar refractivity (Wildman–Crippen MR) is 379 cm³/mol. The summed E-state index contributed by atoms with van der Waals surface area (Å²) in [5.74, 6) is -15.2. The molecule has 0 saturated carbocycles. The molecule has 0 spiro atoms. The summed E-state index contributed by atoms with van der Waals surface area (Å²) in [6.07, 6.45) is 0. The van der Waals surface area contributed by atoms with Crippen LogP contribution in [0, 0.1) is 101 Å². The molecule has 1 aliphatic heterocycles. The van der Waals surface area contributed by atoms with Crippen molar-refractivity contribution in [1.82, 2.24) is 0 Å². The third kappa shape index (κ3) is 26.7. The van der Waals surface area contributed by atoms with Crippen LogP contribution in [0.25, 0.3) is 0 Å². The number of ether oxygens (including phenoxy) is 3. The van der Waals surface area contributed by atoms with Crippen LogP contribution in [-0.2, 0) is 93.0 Å². The summed E-state index contributed by atoms with van der Waals surface area (Å²) in [6, 6.07) is 32.1. The van der Waals surface area contributed by atoms with Crippen molar-refractivity contribution in [3.63, 3.8) is 0 Å². The van der Waals surface area contributed by atoms with Gasteiger partial charge in [0.15, 0.2) is 0 Å². The van der Waals surface area contributed by atoms with Crippen LogP contribution >= 0.6 is 66.9 Å². The molecule has 0 fully saturated rings. The number of cyclic esters (lactones) is 1.